The number of H-pyrrole nitrogens is 1. The molecule has 1 atom stereocenters. The lowest BCUT2D eigenvalue weighted by Gasteiger charge is -2.72. The van der Waals surface area contributed by atoms with Gasteiger partial charge in [-0.25, -0.2) is 4.98 Å². The van der Waals surface area contributed by atoms with Crippen molar-refractivity contribution in [3.63, 3.8) is 0 Å². The van der Waals surface area contributed by atoms with Gasteiger partial charge in [0.1, 0.15) is 16.7 Å². The molecule has 1 aromatic carbocycles. The highest BCUT2D eigenvalue weighted by Crippen LogP contribution is 2.70. The zero-order valence-corrected chi connectivity index (χ0v) is 20.3. The average molecular weight is 553 g/mol. The van der Waals surface area contributed by atoms with Crippen molar-refractivity contribution in [3.05, 3.63) is 57.3 Å². The Morgan fingerprint density at radius 2 is 1.66 bits per heavy atom. The standard InChI is InChI=1S/C20H18Cl3N3O2.C2HF3O2/c1-11(17(27)25-14-5-13(21)6-24-7-14)19-8-20(9-19,10-19)26-18(28)12-2-3-15(22)16(23)4-12;3-2(4,5)1(6)7/h2-7,11H,8-10H2,1H3,(H,25,27)(H,26,28);(H,6,7)/t11-,19?,20?;/m1./s1. The molecule has 3 aliphatic carbocycles. The van der Waals surface area contributed by atoms with Gasteiger partial charge in [-0.15, -0.1) is 0 Å². The van der Waals surface area contributed by atoms with E-state index in [2.05, 4.69) is 15.6 Å². The largest absolute Gasteiger partial charge is 0.542 e. The summed E-state index contributed by atoms with van der Waals surface area (Å²) in [4.78, 5) is 36.8. The highest BCUT2D eigenvalue weighted by atomic mass is 35.5. The second-order valence-corrected chi connectivity index (χ2v) is 9.94. The van der Waals surface area contributed by atoms with Crippen LogP contribution in [0.2, 0.25) is 15.1 Å². The lowest BCUT2D eigenvalue weighted by Crippen LogP contribution is -2.77. The van der Waals surface area contributed by atoms with Crippen LogP contribution >= 0.6 is 34.8 Å². The van der Waals surface area contributed by atoms with Gasteiger partial charge in [0.25, 0.3) is 5.91 Å². The number of halogens is 6. The predicted octanol–water partition coefficient (Wildman–Crippen LogP) is 3.69. The molecule has 0 unspecified atom stereocenters. The number of alkyl halides is 3. The fourth-order valence-corrected chi connectivity index (χ4v) is 4.93. The molecule has 2 bridgehead atoms. The zero-order valence-electron chi connectivity index (χ0n) is 18.1. The fraction of sp³-hybridized carbons (Fsp3) is 0.364. The predicted molar refractivity (Wildman–Crippen MR) is 120 cm³/mol. The number of pyridine rings is 1. The van der Waals surface area contributed by atoms with Crippen molar-refractivity contribution in [1.82, 2.24) is 5.32 Å². The van der Waals surface area contributed by atoms with Crippen LogP contribution in [-0.2, 0) is 9.59 Å². The van der Waals surface area contributed by atoms with Crippen LogP contribution in [0.1, 0.15) is 36.5 Å². The number of rotatable bonds is 5. The molecule has 3 aliphatic rings. The molecule has 3 saturated carbocycles. The Kier molecular flexibility index (Phi) is 7.59. The Morgan fingerprint density at radius 1 is 1.06 bits per heavy atom. The molecule has 7 nitrogen and oxygen atoms in total. The first-order chi connectivity index (χ1) is 16.2. The molecule has 3 fully saturated rings. The number of aromatic nitrogens is 1. The second kappa shape index (κ2) is 9.83. The fourth-order valence-electron chi connectivity index (χ4n) is 4.45. The van der Waals surface area contributed by atoms with Crippen LogP contribution in [0.5, 0.6) is 0 Å². The smallest absolute Gasteiger partial charge is 0.430 e. The minimum absolute atomic E-state index is 0.0419. The molecule has 188 valence electrons. The van der Waals surface area contributed by atoms with E-state index in [1.54, 1.807) is 36.7 Å². The number of aliphatic carboxylic acids is 1. The van der Waals surface area contributed by atoms with Crippen molar-refractivity contribution in [2.24, 2.45) is 11.3 Å². The number of aromatic amines is 1. The van der Waals surface area contributed by atoms with Gasteiger partial charge in [0, 0.05) is 17.0 Å². The molecule has 0 radical (unpaired) electrons. The third kappa shape index (κ3) is 5.99. The Bertz CT molecular complexity index is 1160. The van der Waals surface area contributed by atoms with Gasteiger partial charge in [-0.3, -0.25) is 9.59 Å². The quantitative estimate of drug-likeness (QED) is 0.589. The van der Waals surface area contributed by atoms with E-state index in [4.69, 9.17) is 44.7 Å². The number of carboxylic acids is 1. The van der Waals surface area contributed by atoms with Gasteiger partial charge in [-0.1, -0.05) is 41.7 Å². The molecule has 13 heteroatoms. The molecule has 35 heavy (non-hydrogen) atoms. The van der Waals surface area contributed by atoms with Gasteiger partial charge in [0.05, 0.1) is 10.0 Å². The normalized spacial score (nSPS) is 22.9. The topological polar surface area (TPSA) is 112 Å². The first-order valence-electron chi connectivity index (χ1n) is 10.2. The average Bonchev–Trinajstić information content (AvgIpc) is 2.70. The van der Waals surface area contributed by atoms with E-state index in [0.29, 0.717) is 26.3 Å². The van der Waals surface area contributed by atoms with E-state index >= 15 is 0 Å². The first-order valence-corrected chi connectivity index (χ1v) is 11.3. The maximum absolute atomic E-state index is 12.6. The van der Waals surface area contributed by atoms with Crippen molar-refractivity contribution in [2.75, 3.05) is 5.32 Å². The minimum atomic E-state index is -5.19. The van der Waals surface area contributed by atoms with E-state index < -0.39 is 12.1 Å². The molecule has 1 aromatic heterocycles. The highest BCUT2D eigenvalue weighted by Gasteiger charge is 2.71. The summed E-state index contributed by atoms with van der Waals surface area (Å²) in [6.07, 6.45) is 0.523. The Labute approximate surface area is 213 Å². The molecule has 0 aliphatic heterocycles. The summed E-state index contributed by atoms with van der Waals surface area (Å²) < 4.78 is 31.5. The molecule has 2 amide bonds. The number of hydrogen-bond donors (Lipinski definition) is 2. The third-order valence-electron chi connectivity index (χ3n) is 6.20. The van der Waals surface area contributed by atoms with E-state index in [0.717, 1.165) is 19.3 Å². The van der Waals surface area contributed by atoms with Crippen molar-refractivity contribution in [1.29, 1.82) is 0 Å². The summed E-state index contributed by atoms with van der Waals surface area (Å²) in [5.41, 5.74) is 0.841. The molecule has 0 spiro atoms. The molecular formula is C22H19Cl3F3N3O4. The molecule has 0 saturated heterocycles. The van der Waals surface area contributed by atoms with E-state index in [-0.39, 0.29) is 28.7 Å². The summed E-state index contributed by atoms with van der Waals surface area (Å²) in [5.74, 6) is -3.37. The van der Waals surface area contributed by atoms with Crippen LogP contribution in [0.25, 0.3) is 0 Å². The number of nitrogens with one attached hydrogen (secondary N) is 3. The Hall–Kier alpha value is -2.56. The summed E-state index contributed by atoms with van der Waals surface area (Å²) in [6.45, 7) is 1.94. The van der Waals surface area contributed by atoms with Gasteiger partial charge >= 0.3 is 6.18 Å². The maximum atomic E-state index is 12.6. The number of carbonyl (C=O) groups excluding carboxylic acids is 3. The van der Waals surface area contributed by atoms with E-state index in [9.17, 15) is 22.8 Å². The Balaban J connectivity index is 0.000000429. The summed E-state index contributed by atoms with van der Waals surface area (Å²) in [6, 6.07) is 6.53. The van der Waals surface area contributed by atoms with Gasteiger partial charge in [0.15, 0.2) is 12.4 Å². The number of anilines is 1. The Morgan fingerprint density at radius 3 is 2.17 bits per heavy atom. The summed E-state index contributed by atoms with van der Waals surface area (Å²) in [7, 11) is 0. The first kappa shape index (κ1) is 27.0. The van der Waals surface area contributed by atoms with Crippen molar-refractivity contribution in [3.8, 4) is 0 Å². The van der Waals surface area contributed by atoms with Gasteiger partial charge in [0.2, 0.25) is 5.91 Å². The lowest BCUT2D eigenvalue weighted by molar-refractivity contribution is -0.376. The number of amides is 2. The zero-order chi connectivity index (χ0) is 26.2. The van der Waals surface area contributed by atoms with Crippen molar-refractivity contribution < 1.29 is 37.6 Å². The molecule has 3 N–H and O–H groups in total. The number of hydrogen-bond acceptors (Lipinski definition) is 4. The van der Waals surface area contributed by atoms with E-state index in [1.807, 2.05) is 6.92 Å². The molecular weight excluding hydrogens is 534 g/mol. The van der Waals surface area contributed by atoms with Gasteiger partial charge in [-0.05, 0) is 48.9 Å². The maximum Gasteiger partial charge on any atom is 0.430 e. The number of carbonyl (C=O) groups is 3. The molecule has 1 heterocycles. The molecule has 5 rings (SSSR count). The van der Waals surface area contributed by atoms with Crippen LogP contribution < -0.4 is 20.7 Å². The molecule has 2 aromatic rings. The highest BCUT2D eigenvalue weighted by molar-refractivity contribution is 6.42. The summed E-state index contributed by atoms with van der Waals surface area (Å²) >= 11 is 17.8. The van der Waals surface area contributed by atoms with Crippen LogP contribution in [0.4, 0.5) is 18.9 Å². The van der Waals surface area contributed by atoms with Crippen LogP contribution in [0.15, 0.2) is 36.7 Å². The van der Waals surface area contributed by atoms with Crippen LogP contribution in [-0.4, -0.2) is 29.5 Å². The minimum Gasteiger partial charge on any atom is -0.542 e. The monoisotopic (exact) mass is 551 g/mol. The summed E-state index contributed by atoms with van der Waals surface area (Å²) in [5, 5.41) is 16.1. The number of benzene rings is 1. The SMILES string of the molecule is C[C@H](C(=O)Nc1c[nH+]cc(Cl)c1)C12CC(NC(=O)c3ccc(Cl)c(Cl)c3)(C1)C2.O=C([O-])C(F)(F)F. The van der Waals surface area contributed by atoms with Crippen molar-refractivity contribution >= 4 is 58.3 Å². The second-order valence-electron chi connectivity index (χ2n) is 8.69. The van der Waals surface area contributed by atoms with E-state index in [1.165, 1.54) is 0 Å². The lowest BCUT2D eigenvalue weighted by atomic mass is 9.36. The van der Waals surface area contributed by atoms with Crippen LogP contribution in [0, 0.1) is 11.3 Å². The van der Waals surface area contributed by atoms with Crippen LogP contribution in [0.3, 0.4) is 0 Å². The third-order valence-corrected chi connectivity index (χ3v) is 7.15. The van der Waals surface area contributed by atoms with Gasteiger partial charge in [-0.2, -0.15) is 13.2 Å². The van der Waals surface area contributed by atoms with Gasteiger partial charge < -0.3 is 20.5 Å². The number of carboxylic acid groups (broad SMARTS) is 1. The van der Waals surface area contributed by atoms with Crippen molar-refractivity contribution in [2.45, 2.75) is 37.9 Å².